The molecule has 5 heteroatoms. The van der Waals surface area contributed by atoms with Gasteiger partial charge >= 0.3 is 0 Å². The fraction of sp³-hybridized carbons (Fsp3) is 0.294. The van der Waals surface area contributed by atoms with Gasteiger partial charge in [-0.25, -0.2) is 0 Å². The number of hydrogen-bond acceptors (Lipinski definition) is 4. The van der Waals surface area contributed by atoms with E-state index >= 15 is 0 Å². The maximum absolute atomic E-state index is 4.85. The molecule has 0 radical (unpaired) electrons. The van der Waals surface area contributed by atoms with Gasteiger partial charge in [0.15, 0.2) is 0 Å². The van der Waals surface area contributed by atoms with Crippen LogP contribution in [0, 0.1) is 6.92 Å². The molecular formula is C17H18N4S. The van der Waals surface area contributed by atoms with Crippen molar-refractivity contribution in [2.45, 2.75) is 23.3 Å². The maximum Gasteiger partial charge on any atom is 0.0941 e. The fourth-order valence-electron chi connectivity index (χ4n) is 2.92. The lowest BCUT2D eigenvalue weighted by Crippen LogP contribution is -2.19. The van der Waals surface area contributed by atoms with Crippen LogP contribution in [0.15, 0.2) is 40.4 Å². The third-order valence-electron chi connectivity index (χ3n) is 4.06. The van der Waals surface area contributed by atoms with E-state index in [1.165, 1.54) is 32.0 Å². The zero-order chi connectivity index (χ0) is 15.3. The van der Waals surface area contributed by atoms with Crippen LogP contribution in [0.3, 0.4) is 0 Å². The smallest absolute Gasteiger partial charge is 0.0941 e. The summed E-state index contributed by atoms with van der Waals surface area (Å²) in [5, 5.41) is 6.13. The number of nitrogens with zero attached hydrogens (tertiary/aromatic N) is 4. The number of likely N-dealkylation sites (N-methyl/N-ethyl adjacent to an activating group) is 1. The highest BCUT2D eigenvalue weighted by atomic mass is 32.2. The van der Waals surface area contributed by atoms with Gasteiger partial charge in [0, 0.05) is 39.7 Å². The molecule has 0 N–H and O–H groups in total. The van der Waals surface area contributed by atoms with E-state index in [0.717, 1.165) is 18.6 Å². The van der Waals surface area contributed by atoms with Crippen molar-refractivity contribution in [1.29, 1.82) is 0 Å². The molecule has 0 bridgehead atoms. The minimum atomic E-state index is 0.883. The fourth-order valence-corrected chi connectivity index (χ4v) is 4.06. The van der Waals surface area contributed by atoms with Gasteiger partial charge in [0.25, 0.3) is 0 Å². The number of pyridine rings is 1. The Labute approximate surface area is 134 Å². The molecule has 2 aromatic heterocycles. The molecule has 22 heavy (non-hydrogen) atoms. The summed E-state index contributed by atoms with van der Waals surface area (Å²) >= 11 is 1.84. The largest absolute Gasteiger partial charge is 0.308 e. The Balaban J connectivity index is 2.00. The molecule has 0 aliphatic carbocycles. The monoisotopic (exact) mass is 310 g/mol. The van der Waals surface area contributed by atoms with E-state index < -0.39 is 0 Å². The summed E-state index contributed by atoms with van der Waals surface area (Å²) in [5.41, 5.74) is 4.81. The lowest BCUT2D eigenvalue weighted by Gasteiger charge is -2.19. The molecule has 0 fully saturated rings. The van der Waals surface area contributed by atoms with Gasteiger partial charge in [0.1, 0.15) is 0 Å². The van der Waals surface area contributed by atoms with Crippen LogP contribution in [0.25, 0.3) is 22.2 Å². The van der Waals surface area contributed by atoms with E-state index in [0.29, 0.717) is 0 Å². The van der Waals surface area contributed by atoms with E-state index in [1.807, 2.05) is 24.2 Å². The number of benzene rings is 1. The third-order valence-corrected chi connectivity index (χ3v) is 5.37. The number of hydrogen-bond donors (Lipinski definition) is 0. The first-order valence-corrected chi connectivity index (χ1v) is 8.24. The van der Waals surface area contributed by atoms with Crippen molar-refractivity contribution in [3.8, 4) is 11.3 Å². The summed E-state index contributed by atoms with van der Waals surface area (Å²) in [6.45, 7) is 4.03. The maximum atomic E-state index is 4.85. The molecule has 3 heterocycles. The summed E-state index contributed by atoms with van der Waals surface area (Å²) in [7, 11) is 4.19. The minimum absolute atomic E-state index is 0.883. The van der Waals surface area contributed by atoms with Crippen molar-refractivity contribution in [3.05, 3.63) is 36.2 Å². The van der Waals surface area contributed by atoms with Crippen molar-refractivity contribution < 1.29 is 0 Å². The van der Waals surface area contributed by atoms with E-state index in [4.69, 9.17) is 5.10 Å². The molecule has 1 aliphatic rings. The Kier molecular flexibility index (Phi) is 3.20. The van der Waals surface area contributed by atoms with Gasteiger partial charge in [0.05, 0.1) is 17.8 Å². The van der Waals surface area contributed by atoms with Crippen LogP contribution in [0.4, 0.5) is 0 Å². The van der Waals surface area contributed by atoms with Crippen LogP contribution >= 0.6 is 11.8 Å². The quantitative estimate of drug-likeness (QED) is 0.580. The van der Waals surface area contributed by atoms with Gasteiger partial charge in [-0.2, -0.15) is 5.10 Å². The van der Waals surface area contributed by atoms with Crippen LogP contribution in [-0.4, -0.2) is 40.3 Å². The summed E-state index contributed by atoms with van der Waals surface area (Å²) in [5.74, 6) is 0. The summed E-state index contributed by atoms with van der Waals surface area (Å²) in [6, 6.07) is 6.40. The standard InChI is InChI=1S/C17H18N4S/c1-11-4-5-13-15-16(21(19-13)9-8-20(2)3)12-10-18-7-6-14(12)22-17(11)15/h4-7,10H,8-9H2,1-3H3. The van der Waals surface area contributed by atoms with Gasteiger partial charge in [-0.05, 0) is 38.7 Å². The Morgan fingerprint density at radius 2 is 2.09 bits per heavy atom. The first-order valence-electron chi connectivity index (χ1n) is 7.42. The molecule has 1 aliphatic heterocycles. The Morgan fingerprint density at radius 1 is 1.23 bits per heavy atom. The average molecular weight is 310 g/mol. The Bertz CT molecular complexity index is 866. The van der Waals surface area contributed by atoms with Gasteiger partial charge < -0.3 is 4.90 Å². The van der Waals surface area contributed by atoms with E-state index in [9.17, 15) is 0 Å². The van der Waals surface area contributed by atoms with Crippen LogP contribution in [0.5, 0.6) is 0 Å². The predicted octanol–water partition coefficient (Wildman–Crippen LogP) is 3.43. The molecule has 0 unspecified atom stereocenters. The molecule has 4 nitrogen and oxygen atoms in total. The topological polar surface area (TPSA) is 34.0 Å². The van der Waals surface area contributed by atoms with Gasteiger partial charge in [-0.1, -0.05) is 17.8 Å². The summed E-state index contributed by atoms with van der Waals surface area (Å²) in [6.07, 6.45) is 3.84. The lowest BCUT2D eigenvalue weighted by atomic mass is 10.1. The molecule has 0 spiro atoms. The predicted molar refractivity (Wildman–Crippen MR) is 90.4 cm³/mol. The third kappa shape index (κ3) is 2.04. The highest BCUT2D eigenvalue weighted by Crippen LogP contribution is 2.48. The van der Waals surface area contributed by atoms with Crippen molar-refractivity contribution >= 4 is 22.7 Å². The van der Waals surface area contributed by atoms with Crippen LogP contribution < -0.4 is 0 Å². The highest BCUT2D eigenvalue weighted by molar-refractivity contribution is 7.99. The first-order chi connectivity index (χ1) is 10.6. The lowest BCUT2D eigenvalue weighted by molar-refractivity contribution is 0.375. The van der Waals surface area contributed by atoms with Gasteiger partial charge in [0.2, 0.25) is 0 Å². The zero-order valence-electron chi connectivity index (χ0n) is 13.0. The van der Waals surface area contributed by atoms with Crippen molar-refractivity contribution in [2.24, 2.45) is 0 Å². The van der Waals surface area contributed by atoms with Gasteiger partial charge in [-0.15, -0.1) is 0 Å². The second-order valence-electron chi connectivity index (χ2n) is 5.95. The van der Waals surface area contributed by atoms with Gasteiger partial charge in [-0.3, -0.25) is 9.67 Å². The van der Waals surface area contributed by atoms with Crippen LogP contribution in [0.2, 0.25) is 0 Å². The van der Waals surface area contributed by atoms with Crippen LogP contribution in [0.1, 0.15) is 5.56 Å². The Morgan fingerprint density at radius 3 is 2.91 bits per heavy atom. The van der Waals surface area contributed by atoms with Crippen molar-refractivity contribution in [2.75, 3.05) is 20.6 Å². The van der Waals surface area contributed by atoms with Crippen molar-refractivity contribution in [1.82, 2.24) is 19.7 Å². The SMILES string of the molecule is Cc1ccc2nn(CCN(C)C)c3c2c1Sc1ccncc1-3. The normalized spacial score (nSPS) is 12.9. The number of rotatable bonds is 3. The average Bonchev–Trinajstić information content (AvgIpc) is 2.89. The second kappa shape index (κ2) is 5.11. The molecule has 0 amide bonds. The second-order valence-corrected chi connectivity index (χ2v) is 7.01. The van der Waals surface area contributed by atoms with E-state index in [2.05, 4.69) is 53.8 Å². The first kappa shape index (κ1) is 13.8. The molecule has 0 saturated heterocycles. The van der Waals surface area contributed by atoms with E-state index in [-0.39, 0.29) is 0 Å². The molecule has 4 rings (SSSR count). The molecule has 0 saturated carbocycles. The summed E-state index contributed by atoms with van der Waals surface area (Å²) in [4.78, 5) is 9.12. The van der Waals surface area contributed by atoms with Crippen molar-refractivity contribution in [3.63, 3.8) is 0 Å². The molecule has 112 valence electrons. The minimum Gasteiger partial charge on any atom is -0.308 e. The molecule has 1 aromatic carbocycles. The number of aromatic nitrogens is 3. The van der Waals surface area contributed by atoms with E-state index in [1.54, 1.807) is 0 Å². The summed E-state index contributed by atoms with van der Waals surface area (Å²) < 4.78 is 2.15. The van der Waals surface area contributed by atoms with Crippen LogP contribution in [-0.2, 0) is 6.54 Å². The number of fused-ring (bicyclic) bond motifs is 2. The highest BCUT2D eigenvalue weighted by Gasteiger charge is 2.25. The molecular weight excluding hydrogens is 292 g/mol. The Hall–Kier alpha value is -1.85. The zero-order valence-corrected chi connectivity index (χ0v) is 13.8. The number of aryl methyl sites for hydroxylation is 1. The molecule has 3 aromatic rings. The molecule has 0 atom stereocenters.